The lowest BCUT2D eigenvalue weighted by Gasteiger charge is -2.22. The summed E-state index contributed by atoms with van der Waals surface area (Å²) < 4.78 is 5.93. The van der Waals surface area contributed by atoms with E-state index < -0.39 is 29.5 Å². The Bertz CT molecular complexity index is 931. The number of carbonyl (C=O) groups is 2. The van der Waals surface area contributed by atoms with Crippen LogP contribution in [0.25, 0.3) is 10.8 Å². The molecule has 5 heteroatoms. The second-order valence-electron chi connectivity index (χ2n) is 7.07. The first-order chi connectivity index (χ1) is 12.1. The molecule has 2 bridgehead atoms. The van der Waals surface area contributed by atoms with Gasteiger partial charge in [0.05, 0.1) is 18.6 Å². The van der Waals surface area contributed by atoms with E-state index in [0.717, 1.165) is 16.3 Å². The highest BCUT2D eigenvalue weighted by molar-refractivity contribution is 5.91. The Kier molecular flexibility index (Phi) is 2.89. The van der Waals surface area contributed by atoms with Crippen LogP contribution in [0.15, 0.2) is 54.6 Å². The van der Waals surface area contributed by atoms with Gasteiger partial charge in [-0.05, 0) is 16.3 Å². The molecule has 2 aromatic rings. The number of carboxylic acids is 1. The van der Waals surface area contributed by atoms with Gasteiger partial charge in [0.1, 0.15) is 11.5 Å². The van der Waals surface area contributed by atoms with Crippen LogP contribution in [0, 0.1) is 11.8 Å². The number of fused-ring (bicyclic) bond motifs is 2. The lowest BCUT2D eigenvalue weighted by Crippen LogP contribution is -2.39. The Hall–Kier alpha value is -2.66. The lowest BCUT2D eigenvalue weighted by molar-refractivity contribution is -0.148. The maximum Gasteiger partial charge on any atom is 0.310 e. The molecule has 0 aliphatic carbocycles. The van der Waals surface area contributed by atoms with E-state index in [1.165, 1.54) is 0 Å². The largest absolute Gasteiger partial charge is 0.481 e. The van der Waals surface area contributed by atoms with Crippen molar-refractivity contribution in [3.63, 3.8) is 0 Å². The van der Waals surface area contributed by atoms with Crippen molar-refractivity contribution in [3.8, 4) is 0 Å². The third kappa shape index (κ3) is 1.93. The van der Waals surface area contributed by atoms with Gasteiger partial charge in [0.15, 0.2) is 0 Å². The Labute approximate surface area is 144 Å². The zero-order valence-corrected chi connectivity index (χ0v) is 13.5. The summed E-state index contributed by atoms with van der Waals surface area (Å²) in [5.41, 5.74) is 0.295. The van der Waals surface area contributed by atoms with Crippen LogP contribution in [-0.4, -0.2) is 40.1 Å². The number of hydrogen-bond acceptors (Lipinski definition) is 3. The van der Waals surface area contributed by atoms with E-state index in [-0.39, 0.29) is 5.91 Å². The molecule has 1 spiro atoms. The molecule has 0 unspecified atom stereocenters. The van der Waals surface area contributed by atoms with Gasteiger partial charge >= 0.3 is 5.97 Å². The molecule has 3 aliphatic rings. The van der Waals surface area contributed by atoms with E-state index in [0.29, 0.717) is 13.1 Å². The first-order valence-electron chi connectivity index (χ1n) is 8.44. The minimum Gasteiger partial charge on any atom is -0.481 e. The minimum absolute atomic E-state index is 0.118. The summed E-state index contributed by atoms with van der Waals surface area (Å²) >= 11 is 0. The number of nitrogens with zero attached hydrogens (tertiary/aromatic N) is 1. The van der Waals surface area contributed by atoms with Crippen LogP contribution in [0.5, 0.6) is 0 Å². The van der Waals surface area contributed by atoms with Gasteiger partial charge in [-0.2, -0.15) is 0 Å². The SMILES string of the molecule is O=C(O)[C@H]1[C@@H]2C=C[C@@]3(CN(Cc4cccc5ccccc45)C(=O)[C@@H]13)O2. The maximum absolute atomic E-state index is 13.0. The maximum atomic E-state index is 13.0. The molecule has 0 radical (unpaired) electrons. The van der Waals surface area contributed by atoms with Crippen molar-refractivity contribution in [2.75, 3.05) is 6.54 Å². The number of rotatable bonds is 3. The highest BCUT2D eigenvalue weighted by Gasteiger charge is 2.66. The molecule has 5 nitrogen and oxygen atoms in total. The summed E-state index contributed by atoms with van der Waals surface area (Å²) in [4.78, 5) is 26.4. The molecule has 2 aromatic carbocycles. The Balaban J connectivity index is 1.50. The molecule has 0 saturated carbocycles. The predicted molar refractivity (Wildman–Crippen MR) is 90.7 cm³/mol. The van der Waals surface area contributed by atoms with E-state index in [1.54, 1.807) is 11.0 Å². The first kappa shape index (κ1) is 14.7. The number of ether oxygens (including phenoxy) is 1. The molecule has 2 fully saturated rings. The molecule has 0 aromatic heterocycles. The second-order valence-corrected chi connectivity index (χ2v) is 7.07. The average molecular weight is 335 g/mol. The molecular weight excluding hydrogens is 318 g/mol. The first-order valence-corrected chi connectivity index (χ1v) is 8.44. The predicted octanol–water partition coefficient (Wildman–Crippen LogP) is 2.21. The monoisotopic (exact) mass is 335 g/mol. The molecule has 126 valence electrons. The zero-order chi connectivity index (χ0) is 17.2. The molecular formula is C20H17NO4. The highest BCUT2D eigenvalue weighted by Crippen LogP contribution is 2.52. The third-order valence-corrected chi connectivity index (χ3v) is 5.71. The van der Waals surface area contributed by atoms with E-state index in [4.69, 9.17) is 4.74 Å². The number of carboxylic acid groups (broad SMARTS) is 1. The van der Waals surface area contributed by atoms with Crippen LogP contribution in [-0.2, 0) is 20.9 Å². The quantitative estimate of drug-likeness (QED) is 0.874. The molecule has 25 heavy (non-hydrogen) atoms. The summed E-state index contributed by atoms with van der Waals surface area (Å²) in [6, 6.07) is 14.1. The van der Waals surface area contributed by atoms with E-state index in [2.05, 4.69) is 0 Å². The van der Waals surface area contributed by atoms with E-state index in [1.807, 2.05) is 48.5 Å². The normalized spacial score (nSPS) is 32.6. The number of benzene rings is 2. The van der Waals surface area contributed by atoms with Gasteiger partial charge in [-0.25, -0.2) is 0 Å². The lowest BCUT2D eigenvalue weighted by atomic mass is 9.77. The number of hydrogen-bond donors (Lipinski definition) is 1. The third-order valence-electron chi connectivity index (χ3n) is 5.71. The van der Waals surface area contributed by atoms with Crippen molar-refractivity contribution in [3.05, 3.63) is 60.2 Å². The Morgan fingerprint density at radius 2 is 2.04 bits per heavy atom. The van der Waals surface area contributed by atoms with Crippen LogP contribution < -0.4 is 0 Å². The number of amides is 1. The molecule has 3 heterocycles. The van der Waals surface area contributed by atoms with Gasteiger partial charge in [-0.15, -0.1) is 0 Å². The molecule has 1 amide bonds. The Morgan fingerprint density at radius 3 is 2.88 bits per heavy atom. The second kappa shape index (κ2) is 4.92. The Morgan fingerprint density at radius 1 is 1.24 bits per heavy atom. The fraction of sp³-hybridized carbons (Fsp3) is 0.300. The smallest absolute Gasteiger partial charge is 0.310 e. The van der Waals surface area contributed by atoms with Gasteiger partial charge in [-0.3, -0.25) is 9.59 Å². The molecule has 2 saturated heterocycles. The van der Waals surface area contributed by atoms with Crippen LogP contribution >= 0.6 is 0 Å². The van der Waals surface area contributed by atoms with Gasteiger partial charge in [0, 0.05) is 6.54 Å². The van der Waals surface area contributed by atoms with Crippen molar-refractivity contribution in [2.45, 2.75) is 18.2 Å². The summed E-state index contributed by atoms with van der Waals surface area (Å²) in [6.07, 6.45) is 3.21. The van der Waals surface area contributed by atoms with Gasteiger partial charge in [-0.1, -0.05) is 54.6 Å². The summed E-state index contributed by atoms with van der Waals surface area (Å²) in [6.45, 7) is 0.878. The fourth-order valence-electron chi connectivity index (χ4n) is 4.63. The minimum atomic E-state index is -0.957. The van der Waals surface area contributed by atoms with Gasteiger partial charge in [0.2, 0.25) is 5.91 Å². The van der Waals surface area contributed by atoms with Crippen molar-refractivity contribution in [1.29, 1.82) is 0 Å². The van der Waals surface area contributed by atoms with Gasteiger partial charge in [0.25, 0.3) is 0 Å². The van der Waals surface area contributed by atoms with Crippen LogP contribution in [0.4, 0.5) is 0 Å². The van der Waals surface area contributed by atoms with Crippen LogP contribution in [0.2, 0.25) is 0 Å². The number of likely N-dealkylation sites (tertiary alicyclic amines) is 1. The van der Waals surface area contributed by atoms with E-state index >= 15 is 0 Å². The molecule has 5 rings (SSSR count). The molecule has 1 N–H and O–H groups in total. The fourth-order valence-corrected chi connectivity index (χ4v) is 4.63. The van der Waals surface area contributed by atoms with Crippen molar-refractivity contribution >= 4 is 22.6 Å². The van der Waals surface area contributed by atoms with Crippen LogP contribution in [0.3, 0.4) is 0 Å². The summed E-state index contributed by atoms with van der Waals surface area (Å²) in [5, 5.41) is 11.8. The van der Waals surface area contributed by atoms with Crippen molar-refractivity contribution < 1.29 is 19.4 Å². The van der Waals surface area contributed by atoms with Crippen molar-refractivity contribution in [1.82, 2.24) is 4.90 Å². The van der Waals surface area contributed by atoms with Gasteiger partial charge < -0.3 is 14.7 Å². The number of aliphatic carboxylic acids is 1. The molecule has 3 aliphatic heterocycles. The van der Waals surface area contributed by atoms with E-state index in [9.17, 15) is 14.7 Å². The average Bonchev–Trinajstić information content (AvgIpc) is 3.24. The van der Waals surface area contributed by atoms with Crippen LogP contribution in [0.1, 0.15) is 5.56 Å². The van der Waals surface area contributed by atoms with Crippen molar-refractivity contribution in [2.24, 2.45) is 11.8 Å². The summed E-state index contributed by atoms with van der Waals surface area (Å²) in [7, 11) is 0. The molecule has 4 atom stereocenters. The topological polar surface area (TPSA) is 66.8 Å². The number of carbonyl (C=O) groups excluding carboxylic acids is 1. The highest BCUT2D eigenvalue weighted by atomic mass is 16.5. The standard InChI is InChI=1S/C20H17NO4/c22-18-17-16(19(23)24)15-8-9-20(17,25-15)11-21(18)10-13-6-3-5-12-4-1-2-7-14(12)13/h1-9,15-17H,10-11H2,(H,23,24)/t15-,16-,17+,20-/m0/s1. The zero-order valence-electron chi connectivity index (χ0n) is 13.5. The summed E-state index contributed by atoms with van der Waals surface area (Å²) in [5.74, 6) is -2.47.